The van der Waals surface area contributed by atoms with Gasteiger partial charge in [0.1, 0.15) is 60.7 Å². The number of hydrogen-bond donors (Lipinski definition) is 7. The van der Waals surface area contributed by atoms with Crippen LogP contribution < -0.4 is 4.74 Å². The van der Waals surface area contributed by atoms with Crippen LogP contribution in [0.15, 0.2) is 24.3 Å². The van der Waals surface area contributed by atoms with Gasteiger partial charge >= 0.3 is 5.97 Å². The average Bonchev–Trinajstić information content (AvgIpc) is 2.85. The van der Waals surface area contributed by atoms with E-state index in [9.17, 15) is 40.5 Å². The Labute approximate surface area is 194 Å². The predicted molar refractivity (Wildman–Crippen MR) is 109 cm³/mol. The number of benzene rings is 1. The molecule has 1 aromatic rings. The van der Waals surface area contributed by atoms with Crippen LogP contribution in [-0.4, -0.2) is 124 Å². The first-order chi connectivity index (χ1) is 16.2. The molecular weight excluding hydrogens is 460 g/mol. The van der Waals surface area contributed by atoms with E-state index < -0.39 is 80.4 Å². The Morgan fingerprint density at radius 3 is 2.24 bits per heavy atom. The van der Waals surface area contributed by atoms with Gasteiger partial charge in [-0.15, -0.1) is 0 Å². The fourth-order valence-electron chi connectivity index (χ4n) is 3.84. The van der Waals surface area contributed by atoms with Gasteiger partial charge in [-0.3, -0.25) is 0 Å². The van der Waals surface area contributed by atoms with E-state index >= 15 is 0 Å². The molecule has 0 radical (unpaired) electrons. The van der Waals surface area contributed by atoms with Crippen molar-refractivity contribution in [2.45, 2.75) is 61.2 Å². The van der Waals surface area contributed by atoms with E-state index in [4.69, 9.17) is 18.9 Å². The van der Waals surface area contributed by atoms with Crippen LogP contribution in [0.1, 0.15) is 11.7 Å². The molecule has 2 aliphatic rings. The Morgan fingerprint density at radius 2 is 1.59 bits per heavy atom. The fraction of sp³-hybridized carbons (Fsp3) is 0.667. The van der Waals surface area contributed by atoms with Gasteiger partial charge in [0.25, 0.3) is 0 Å². The van der Waals surface area contributed by atoms with Crippen molar-refractivity contribution in [3.63, 3.8) is 0 Å². The van der Waals surface area contributed by atoms with Gasteiger partial charge in [0.05, 0.1) is 20.3 Å². The van der Waals surface area contributed by atoms with Gasteiger partial charge in [0, 0.05) is 0 Å². The highest BCUT2D eigenvalue weighted by atomic mass is 16.7. The highest BCUT2D eigenvalue weighted by Gasteiger charge is 2.50. The van der Waals surface area contributed by atoms with Crippen molar-refractivity contribution < 1.29 is 64.2 Å². The maximum Gasteiger partial charge on any atom is 0.343 e. The molecule has 2 aliphatic heterocycles. The van der Waals surface area contributed by atoms with Crippen LogP contribution in [0.5, 0.6) is 5.75 Å². The van der Waals surface area contributed by atoms with E-state index in [1.807, 2.05) is 0 Å². The molecule has 0 bridgehead atoms. The third kappa shape index (κ3) is 5.66. The molecule has 13 nitrogen and oxygen atoms in total. The molecule has 192 valence electrons. The second-order valence-electron chi connectivity index (χ2n) is 7.99. The van der Waals surface area contributed by atoms with Crippen molar-refractivity contribution in [2.75, 3.05) is 26.9 Å². The Hall–Kier alpha value is -1.91. The topological polar surface area (TPSA) is 205 Å². The van der Waals surface area contributed by atoms with Crippen LogP contribution in [0.2, 0.25) is 0 Å². The fourth-order valence-corrected chi connectivity index (χ4v) is 3.84. The first-order valence-electron chi connectivity index (χ1n) is 10.6. The summed E-state index contributed by atoms with van der Waals surface area (Å²) in [6.45, 7) is -1.68. The molecule has 0 saturated carbocycles. The van der Waals surface area contributed by atoms with Gasteiger partial charge in [-0.1, -0.05) is 12.1 Å². The minimum atomic E-state index is -1.76. The van der Waals surface area contributed by atoms with Gasteiger partial charge in [-0.05, 0) is 17.7 Å². The molecule has 13 heteroatoms. The monoisotopic (exact) mass is 490 g/mol. The number of methoxy groups -OCH3 is 1. The normalized spacial score (nSPS) is 38.4. The van der Waals surface area contributed by atoms with Gasteiger partial charge < -0.3 is 59.4 Å². The Morgan fingerprint density at radius 1 is 0.912 bits per heavy atom. The van der Waals surface area contributed by atoms with Crippen LogP contribution >= 0.6 is 0 Å². The molecule has 2 saturated heterocycles. The minimum Gasteiger partial charge on any atom is -0.482 e. The maximum absolute atomic E-state index is 11.3. The number of aliphatic hydroxyl groups excluding tert-OH is 7. The minimum absolute atomic E-state index is 0.261. The molecule has 2 heterocycles. The number of aliphatic hydroxyl groups is 7. The van der Waals surface area contributed by atoms with Gasteiger partial charge in [0.2, 0.25) is 0 Å². The van der Waals surface area contributed by atoms with E-state index in [1.54, 1.807) is 18.2 Å². The number of carbonyl (C=O) groups is 1. The van der Waals surface area contributed by atoms with E-state index in [0.29, 0.717) is 5.56 Å². The highest BCUT2D eigenvalue weighted by Crippen LogP contribution is 2.36. The number of rotatable bonds is 8. The first-order valence-corrected chi connectivity index (χ1v) is 10.6. The summed E-state index contributed by atoms with van der Waals surface area (Å²) in [5.74, 6) is -0.340. The van der Waals surface area contributed by atoms with Crippen molar-refractivity contribution in [1.29, 1.82) is 0 Å². The maximum atomic E-state index is 11.3. The zero-order valence-corrected chi connectivity index (χ0v) is 18.3. The van der Waals surface area contributed by atoms with Crippen LogP contribution in [-0.2, 0) is 23.7 Å². The quantitative estimate of drug-likeness (QED) is 0.178. The average molecular weight is 490 g/mol. The molecular formula is C21H30O13. The highest BCUT2D eigenvalue weighted by molar-refractivity contribution is 5.70. The molecule has 10 atom stereocenters. The van der Waals surface area contributed by atoms with E-state index in [2.05, 4.69) is 4.74 Å². The van der Waals surface area contributed by atoms with Crippen LogP contribution in [0.3, 0.4) is 0 Å². The molecule has 0 aliphatic carbocycles. The van der Waals surface area contributed by atoms with Crippen molar-refractivity contribution in [3.8, 4) is 5.75 Å². The zero-order chi connectivity index (χ0) is 25.0. The molecule has 7 N–H and O–H groups in total. The van der Waals surface area contributed by atoms with Gasteiger partial charge in [-0.2, -0.15) is 0 Å². The largest absolute Gasteiger partial charge is 0.482 e. The number of carbonyl (C=O) groups excluding carboxylic acids is 1. The standard InChI is InChI=1S/C21H30O13/c1-30-13(24)8-31-10-4-2-3-9(5-10)19-18(29)20(15(26)12(7-23)32-19)34-21-17(28)16(27)14(25)11(6-22)33-21/h2-5,11-12,14-23,25-29H,6-8H2,1H3/t11-,12-,14-,15-,16-,17-,18-,19-,20+,21-/m1/s1. The summed E-state index contributed by atoms with van der Waals surface area (Å²) in [6.07, 6.45) is -14.9. The lowest BCUT2D eigenvalue weighted by molar-refractivity contribution is -0.342. The SMILES string of the molecule is COC(=O)COc1cccc([C@H]2O[C@H](CO)[C@@H](O)[C@H](O[C@H]3O[C@H](CO)[C@@H](O)[C@@H](O)[C@H]3O)[C@@H]2O)c1. The van der Waals surface area contributed by atoms with E-state index in [1.165, 1.54) is 13.2 Å². The van der Waals surface area contributed by atoms with Crippen molar-refractivity contribution >= 4 is 5.97 Å². The summed E-state index contributed by atoms with van der Waals surface area (Å²) >= 11 is 0. The van der Waals surface area contributed by atoms with Crippen molar-refractivity contribution in [2.24, 2.45) is 0 Å². The van der Waals surface area contributed by atoms with Crippen LogP contribution in [0.25, 0.3) is 0 Å². The lowest BCUT2D eigenvalue weighted by Gasteiger charge is -2.46. The third-order valence-electron chi connectivity index (χ3n) is 5.78. The number of hydrogen-bond acceptors (Lipinski definition) is 13. The van der Waals surface area contributed by atoms with Gasteiger partial charge in [0.15, 0.2) is 12.9 Å². The molecule has 34 heavy (non-hydrogen) atoms. The zero-order valence-electron chi connectivity index (χ0n) is 18.3. The number of esters is 1. The summed E-state index contributed by atoms with van der Waals surface area (Å²) in [7, 11) is 1.21. The van der Waals surface area contributed by atoms with Crippen LogP contribution in [0.4, 0.5) is 0 Å². The lowest BCUT2D eigenvalue weighted by atomic mass is 9.90. The van der Waals surface area contributed by atoms with Crippen molar-refractivity contribution in [1.82, 2.24) is 0 Å². The van der Waals surface area contributed by atoms with E-state index in [-0.39, 0.29) is 12.4 Å². The Bertz CT molecular complexity index is 805. The molecule has 3 rings (SSSR count). The smallest absolute Gasteiger partial charge is 0.343 e. The molecule has 0 amide bonds. The Kier molecular flexibility index (Phi) is 9.17. The summed E-state index contributed by atoms with van der Waals surface area (Å²) in [4.78, 5) is 11.3. The van der Waals surface area contributed by atoms with Crippen LogP contribution in [0, 0.1) is 0 Å². The number of ether oxygens (including phenoxy) is 5. The predicted octanol–water partition coefficient (Wildman–Crippen LogP) is -3.42. The first kappa shape index (κ1) is 26.7. The second kappa shape index (κ2) is 11.7. The van der Waals surface area contributed by atoms with E-state index in [0.717, 1.165) is 0 Å². The molecule has 0 spiro atoms. The molecule has 2 fully saturated rings. The lowest BCUT2D eigenvalue weighted by Crippen LogP contribution is -2.63. The van der Waals surface area contributed by atoms with Crippen molar-refractivity contribution in [3.05, 3.63) is 29.8 Å². The van der Waals surface area contributed by atoms with Gasteiger partial charge in [-0.25, -0.2) is 4.79 Å². The Balaban J connectivity index is 1.81. The summed E-state index contributed by atoms with van der Waals surface area (Å²) in [6, 6.07) is 6.19. The molecule has 0 aromatic heterocycles. The second-order valence-corrected chi connectivity index (χ2v) is 7.99. The third-order valence-corrected chi connectivity index (χ3v) is 5.78. The summed E-state index contributed by atoms with van der Waals surface area (Å²) in [5.41, 5.74) is 0.364. The molecule has 1 aromatic carbocycles. The molecule has 0 unspecified atom stereocenters. The summed E-state index contributed by atoms with van der Waals surface area (Å²) < 4.78 is 26.4. The summed E-state index contributed by atoms with van der Waals surface area (Å²) in [5, 5.41) is 70.8.